The summed E-state index contributed by atoms with van der Waals surface area (Å²) in [6, 6.07) is 1.79. The van der Waals surface area contributed by atoms with E-state index in [4.69, 9.17) is 6.42 Å². The fourth-order valence-electron chi connectivity index (χ4n) is 1.55. The lowest BCUT2D eigenvalue weighted by atomic mass is 10.1. The van der Waals surface area contributed by atoms with Crippen molar-refractivity contribution in [2.24, 2.45) is 0 Å². The lowest BCUT2D eigenvalue weighted by molar-refractivity contribution is 0.0955. The quantitative estimate of drug-likeness (QED) is 0.525. The van der Waals surface area contributed by atoms with Crippen molar-refractivity contribution in [1.29, 1.82) is 0 Å². The van der Waals surface area contributed by atoms with Gasteiger partial charge in [-0.25, -0.2) is 0 Å². The number of hydrogen-bond acceptors (Lipinski definition) is 1. The van der Waals surface area contributed by atoms with Gasteiger partial charge in [-0.3, -0.25) is 4.79 Å². The molecule has 12 heavy (non-hydrogen) atoms. The fraction of sp³-hybridized carbons (Fsp3) is 0.300. The summed E-state index contributed by atoms with van der Waals surface area (Å²) in [6.45, 7) is 0.919. The van der Waals surface area contributed by atoms with Crippen molar-refractivity contribution >= 4 is 5.78 Å². The highest BCUT2D eigenvalue weighted by Gasteiger charge is 2.17. The monoisotopic (exact) mass is 159 g/mol. The Morgan fingerprint density at radius 3 is 3.08 bits per heavy atom. The molecule has 0 fully saturated rings. The molecule has 0 radical (unpaired) electrons. The molecule has 60 valence electrons. The molecule has 1 aromatic heterocycles. The van der Waals surface area contributed by atoms with E-state index in [-0.39, 0.29) is 5.78 Å². The van der Waals surface area contributed by atoms with E-state index in [0.29, 0.717) is 6.42 Å². The predicted molar refractivity (Wildman–Crippen MR) is 45.9 cm³/mol. The third-order valence-corrected chi connectivity index (χ3v) is 2.15. The number of hydrogen-bond donors (Lipinski definition) is 0. The zero-order valence-electron chi connectivity index (χ0n) is 6.71. The van der Waals surface area contributed by atoms with Crippen LogP contribution in [0.1, 0.15) is 28.9 Å². The van der Waals surface area contributed by atoms with E-state index < -0.39 is 0 Å². The molecule has 1 aromatic rings. The average Bonchev–Trinajstić information content (AvgIpc) is 2.49. The molecule has 0 spiro atoms. The van der Waals surface area contributed by atoms with Crippen molar-refractivity contribution in [3.05, 3.63) is 23.5 Å². The number of Topliss-reactive ketones (excluding diaryl/α,β-unsaturated/α-hetero) is 1. The van der Waals surface area contributed by atoms with Gasteiger partial charge in [-0.2, -0.15) is 0 Å². The number of fused-ring (bicyclic) bond motifs is 1. The Bertz CT molecular complexity index is 368. The Kier molecular flexibility index (Phi) is 1.51. The van der Waals surface area contributed by atoms with E-state index in [1.54, 1.807) is 6.07 Å². The third-order valence-electron chi connectivity index (χ3n) is 2.15. The maximum atomic E-state index is 11.3. The minimum absolute atomic E-state index is 0.211. The summed E-state index contributed by atoms with van der Waals surface area (Å²) in [4.78, 5) is 11.3. The van der Waals surface area contributed by atoms with E-state index in [1.165, 1.54) is 0 Å². The van der Waals surface area contributed by atoms with Gasteiger partial charge in [-0.05, 0) is 12.5 Å². The second-order valence-electron chi connectivity index (χ2n) is 2.98. The largest absolute Gasteiger partial charge is 0.344 e. The van der Waals surface area contributed by atoms with Crippen LogP contribution in [-0.4, -0.2) is 10.4 Å². The molecule has 0 bridgehead atoms. The van der Waals surface area contributed by atoms with Gasteiger partial charge in [0.1, 0.15) is 0 Å². The van der Waals surface area contributed by atoms with Crippen molar-refractivity contribution < 1.29 is 4.79 Å². The van der Waals surface area contributed by atoms with E-state index in [9.17, 15) is 4.79 Å². The zero-order valence-corrected chi connectivity index (χ0v) is 6.71. The number of nitrogens with zero attached hydrogens (tertiary/aromatic N) is 1. The second kappa shape index (κ2) is 2.53. The van der Waals surface area contributed by atoms with Crippen LogP contribution in [0.2, 0.25) is 0 Å². The van der Waals surface area contributed by atoms with Gasteiger partial charge >= 0.3 is 0 Å². The molecular weight excluding hydrogens is 150 g/mol. The van der Waals surface area contributed by atoms with Crippen LogP contribution in [-0.2, 0) is 6.54 Å². The number of aryl methyl sites for hydroxylation is 1. The van der Waals surface area contributed by atoms with Gasteiger partial charge in [-0.1, -0.05) is 5.92 Å². The molecule has 0 saturated carbocycles. The SMILES string of the molecule is C#Cc1cc2n(c1)CCCC2=O. The lowest BCUT2D eigenvalue weighted by Crippen LogP contribution is -2.14. The Labute approximate surface area is 71.2 Å². The molecule has 2 nitrogen and oxygen atoms in total. The van der Waals surface area contributed by atoms with Crippen LogP contribution in [0.3, 0.4) is 0 Å². The summed E-state index contributed by atoms with van der Waals surface area (Å²) in [5.41, 5.74) is 1.58. The molecule has 0 aromatic carbocycles. The summed E-state index contributed by atoms with van der Waals surface area (Å²) in [5.74, 6) is 2.74. The highest BCUT2D eigenvalue weighted by atomic mass is 16.1. The molecule has 0 saturated heterocycles. The molecule has 0 amide bonds. The van der Waals surface area contributed by atoms with Crippen molar-refractivity contribution in [3.8, 4) is 12.3 Å². The minimum Gasteiger partial charge on any atom is -0.344 e. The van der Waals surface area contributed by atoms with Gasteiger partial charge in [0, 0.05) is 24.7 Å². The maximum absolute atomic E-state index is 11.3. The summed E-state index contributed by atoms with van der Waals surface area (Å²) < 4.78 is 1.95. The first-order valence-corrected chi connectivity index (χ1v) is 4.01. The number of terminal acetylenes is 1. The first-order valence-electron chi connectivity index (χ1n) is 4.01. The van der Waals surface area contributed by atoms with Crippen molar-refractivity contribution in [3.63, 3.8) is 0 Å². The van der Waals surface area contributed by atoms with Gasteiger partial charge < -0.3 is 4.57 Å². The first kappa shape index (κ1) is 7.17. The van der Waals surface area contributed by atoms with Crippen molar-refractivity contribution in [2.75, 3.05) is 0 Å². The van der Waals surface area contributed by atoms with Crippen LogP contribution in [0, 0.1) is 12.3 Å². The molecule has 0 atom stereocenters. The highest BCUT2D eigenvalue weighted by Crippen LogP contribution is 2.17. The van der Waals surface area contributed by atoms with Gasteiger partial charge in [0.2, 0.25) is 0 Å². The summed E-state index contributed by atoms with van der Waals surface area (Å²) >= 11 is 0. The average molecular weight is 159 g/mol. The van der Waals surface area contributed by atoms with Gasteiger partial charge in [0.15, 0.2) is 5.78 Å². The zero-order chi connectivity index (χ0) is 8.55. The van der Waals surface area contributed by atoms with E-state index >= 15 is 0 Å². The molecule has 0 unspecified atom stereocenters. The topological polar surface area (TPSA) is 22.0 Å². The predicted octanol–water partition coefficient (Wildman–Crippen LogP) is 1.45. The molecule has 0 aliphatic carbocycles. The van der Waals surface area contributed by atoms with E-state index in [1.807, 2.05) is 10.8 Å². The van der Waals surface area contributed by atoms with Gasteiger partial charge in [0.05, 0.1) is 5.69 Å². The van der Waals surface area contributed by atoms with E-state index in [0.717, 1.165) is 24.2 Å². The Morgan fingerprint density at radius 2 is 2.42 bits per heavy atom. The first-order chi connectivity index (χ1) is 5.81. The molecule has 0 N–H and O–H groups in total. The number of aromatic nitrogens is 1. The van der Waals surface area contributed by atoms with E-state index in [2.05, 4.69) is 5.92 Å². The summed E-state index contributed by atoms with van der Waals surface area (Å²) in [5, 5.41) is 0. The van der Waals surface area contributed by atoms with Crippen LogP contribution in [0.4, 0.5) is 0 Å². The van der Waals surface area contributed by atoms with Crippen molar-refractivity contribution in [1.82, 2.24) is 4.57 Å². The number of carbonyl (C=O) groups is 1. The molecule has 1 aliphatic heterocycles. The molecule has 2 heterocycles. The smallest absolute Gasteiger partial charge is 0.179 e. The Morgan fingerprint density at radius 1 is 1.58 bits per heavy atom. The summed E-state index contributed by atoms with van der Waals surface area (Å²) in [7, 11) is 0. The van der Waals surface area contributed by atoms with Crippen LogP contribution in [0.25, 0.3) is 0 Å². The summed E-state index contributed by atoms with van der Waals surface area (Å²) in [6.07, 6.45) is 8.70. The lowest BCUT2D eigenvalue weighted by Gasteiger charge is -2.12. The van der Waals surface area contributed by atoms with Crippen LogP contribution < -0.4 is 0 Å². The second-order valence-corrected chi connectivity index (χ2v) is 2.98. The standard InChI is InChI=1S/C10H9NO/c1-2-8-6-9-10(12)4-3-5-11(9)7-8/h1,6-7H,3-5H2. The molecular formula is C10H9NO. The number of rotatable bonds is 0. The van der Waals surface area contributed by atoms with Crippen molar-refractivity contribution in [2.45, 2.75) is 19.4 Å². The maximum Gasteiger partial charge on any atom is 0.179 e. The highest BCUT2D eigenvalue weighted by molar-refractivity contribution is 5.95. The van der Waals surface area contributed by atoms with Crippen LogP contribution >= 0.6 is 0 Å². The van der Waals surface area contributed by atoms with Gasteiger partial charge in [-0.15, -0.1) is 6.42 Å². The number of ketones is 1. The molecule has 1 aliphatic rings. The fourth-order valence-corrected chi connectivity index (χ4v) is 1.55. The molecule has 2 rings (SSSR count). The Hall–Kier alpha value is -1.49. The molecule has 2 heteroatoms. The van der Waals surface area contributed by atoms with Gasteiger partial charge in [0.25, 0.3) is 0 Å². The minimum atomic E-state index is 0.211. The van der Waals surface area contributed by atoms with Crippen LogP contribution in [0.15, 0.2) is 12.3 Å². The third kappa shape index (κ3) is 0.947. The number of carbonyl (C=O) groups excluding carboxylic acids is 1. The van der Waals surface area contributed by atoms with Crippen LogP contribution in [0.5, 0.6) is 0 Å². The Balaban J connectivity index is 2.52. The normalized spacial score (nSPS) is 15.4.